The van der Waals surface area contributed by atoms with Crippen LogP contribution in [0.15, 0.2) is 0 Å². The molecule has 2 aliphatic rings. The van der Waals surface area contributed by atoms with E-state index in [1.807, 2.05) is 0 Å². The number of nitrogens with one attached hydrogen (secondary N) is 1. The minimum Gasteiger partial charge on any atom is -0.302 e. The van der Waals surface area contributed by atoms with Crippen molar-refractivity contribution in [2.24, 2.45) is 5.92 Å². The predicted octanol–water partition coefficient (Wildman–Crippen LogP) is 3.18. The molecule has 1 amide bonds. The zero-order valence-electron chi connectivity index (χ0n) is 10.9. The minimum absolute atomic E-state index is 0.0817. The number of aromatic nitrogens is 1. The first-order chi connectivity index (χ1) is 9.24. The van der Waals surface area contributed by atoms with Crippen LogP contribution < -0.4 is 5.32 Å². The van der Waals surface area contributed by atoms with Gasteiger partial charge in [0.1, 0.15) is 0 Å². The summed E-state index contributed by atoms with van der Waals surface area (Å²) < 4.78 is 0. The fraction of sp³-hybridized carbons (Fsp3) is 0.643. The number of Topliss-reactive ketones (excluding diaryl/α,β-unsaturated/α-hetero) is 1. The van der Waals surface area contributed by atoms with Gasteiger partial charge in [0.05, 0.1) is 10.6 Å². The van der Waals surface area contributed by atoms with E-state index in [9.17, 15) is 9.59 Å². The largest absolute Gasteiger partial charge is 0.302 e. The van der Waals surface area contributed by atoms with Gasteiger partial charge in [-0.1, -0.05) is 30.6 Å². The van der Waals surface area contributed by atoms with Gasteiger partial charge in [0.25, 0.3) is 0 Å². The van der Waals surface area contributed by atoms with Gasteiger partial charge in [0.2, 0.25) is 5.91 Å². The van der Waals surface area contributed by atoms with Crippen LogP contribution in [0.5, 0.6) is 0 Å². The van der Waals surface area contributed by atoms with Gasteiger partial charge in [-0.25, -0.2) is 4.98 Å². The smallest absolute Gasteiger partial charge is 0.229 e. The molecule has 1 fully saturated rings. The number of nitrogens with zero attached hydrogens (tertiary/aromatic N) is 1. The summed E-state index contributed by atoms with van der Waals surface area (Å²) in [5.74, 6) is 0.389. The van der Waals surface area contributed by atoms with Crippen molar-refractivity contribution in [1.82, 2.24) is 4.98 Å². The Labute approximate surface area is 116 Å². The van der Waals surface area contributed by atoms with Crippen molar-refractivity contribution >= 4 is 28.2 Å². The van der Waals surface area contributed by atoms with Gasteiger partial charge in [0.15, 0.2) is 10.9 Å². The Bertz CT molecular complexity index is 504. The maximum absolute atomic E-state index is 12.1. The first-order valence-electron chi connectivity index (χ1n) is 7.08. The third-order valence-corrected chi connectivity index (χ3v) is 5.03. The van der Waals surface area contributed by atoms with Crippen LogP contribution >= 0.6 is 11.3 Å². The Morgan fingerprint density at radius 2 is 1.95 bits per heavy atom. The zero-order valence-corrected chi connectivity index (χ0v) is 11.7. The van der Waals surface area contributed by atoms with E-state index in [1.54, 1.807) is 0 Å². The van der Waals surface area contributed by atoms with E-state index < -0.39 is 0 Å². The van der Waals surface area contributed by atoms with Crippen LogP contribution in [0.2, 0.25) is 0 Å². The third kappa shape index (κ3) is 2.71. The molecular formula is C14H18N2O2S. The molecular weight excluding hydrogens is 260 g/mol. The molecule has 3 rings (SSSR count). The number of rotatable bonds is 2. The summed E-state index contributed by atoms with van der Waals surface area (Å²) in [6, 6.07) is 0. The lowest BCUT2D eigenvalue weighted by molar-refractivity contribution is -0.120. The standard InChI is InChI=1S/C14H18N2O2S/c17-11-8-4-7-10-12(11)19-14(15-10)16-13(18)9-5-2-1-3-6-9/h9H,1-8H2,(H,15,16,18). The first-order valence-corrected chi connectivity index (χ1v) is 7.89. The molecule has 19 heavy (non-hydrogen) atoms. The van der Waals surface area contributed by atoms with Crippen LogP contribution in [-0.2, 0) is 11.2 Å². The Morgan fingerprint density at radius 3 is 2.68 bits per heavy atom. The molecule has 0 aliphatic heterocycles. The monoisotopic (exact) mass is 278 g/mol. The van der Waals surface area contributed by atoms with E-state index in [0.717, 1.165) is 49.1 Å². The summed E-state index contributed by atoms with van der Waals surface area (Å²) in [7, 11) is 0. The second kappa shape index (κ2) is 5.41. The fourth-order valence-electron chi connectivity index (χ4n) is 2.89. The molecule has 0 spiro atoms. The van der Waals surface area contributed by atoms with Gasteiger partial charge >= 0.3 is 0 Å². The van der Waals surface area contributed by atoms with Crippen molar-refractivity contribution in [3.8, 4) is 0 Å². The molecule has 1 aromatic heterocycles. The number of carbonyl (C=O) groups is 2. The molecule has 5 heteroatoms. The number of hydrogen-bond donors (Lipinski definition) is 1. The van der Waals surface area contributed by atoms with Gasteiger partial charge in [-0.05, 0) is 25.7 Å². The van der Waals surface area contributed by atoms with Crippen LogP contribution in [0.4, 0.5) is 5.13 Å². The summed E-state index contributed by atoms with van der Waals surface area (Å²) in [6.45, 7) is 0. The summed E-state index contributed by atoms with van der Waals surface area (Å²) >= 11 is 1.34. The summed E-state index contributed by atoms with van der Waals surface area (Å²) in [5.41, 5.74) is 0.875. The summed E-state index contributed by atoms with van der Waals surface area (Å²) in [6.07, 6.45) is 7.85. The Hall–Kier alpha value is -1.23. The molecule has 0 radical (unpaired) electrons. The van der Waals surface area contributed by atoms with Crippen LogP contribution in [0.1, 0.15) is 60.3 Å². The van der Waals surface area contributed by atoms with Crippen molar-refractivity contribution in [1.29, 1.82) is 0 Å². The highest BCUT2D eigenvalue weighted by Gasteiger charge is 2.25. The molecule has 0 bridgehead atoms. The number of hydrogen-bond acceptors (Lipinski definition) is 4. The number of carbonyl (C=O) groups excluding carboxylic acids is 2. The van der Waals surface area contributed by atoms with Crippen molar-refractivity contribution in [2.45, 2.75) is 51.4 Å². The SMILES string of the molecule is O=C1CCCc2nc(NC(=O)C3CCCCC3)sc21. The maximum Gasteiger partial charge on any atom is 0.229 e. The third-order valence-electron chi connectivity index (χ3n) is 3.97. The topological polar surface area (TPSA) is 59.1 Å². The van der Waals surface area contributed by atoms with E-state index in [2.05, 4.69) is 10.3 Å². The van der Waals surface area contributed by atoms with Crippen molar-refractivity contribution in [3.63, 3.8) is 0 Å². The second-order valence-corrected chi connectivity index (χ2v) is 6.39. The molecule has 0 unspecified atom stereocenters. The molecule has 0 saturated heterocycles. The predicted molar refractivity (Wildman–Crippen MR) is 74.6 cm³/mol. The molecule has 4 nitrogen and oxygen atoms in total. The Kier molecular flexibility index (Phi) is 3.64. The van der Waals surface area contributed by atoms with Gasteiger partial charge in [-0.3, -0.25) is 9.59 Å². The molecule has 0 atom stereocenters. The lowest BCUT2D eigenvalue weighted by Gasteiger charge is -2.19. The highest BCUT2D eigenvalue weighted by molar-refractivity contribution is 7.17. The van der Waals surface area contributed by atoms with Crippen molar-refractivity contribution < 1.29 is 9.59 Å². The highest BCUT2D eigenvalue weighted by Crippen LogP contribution is 2.31. The number of amides is 1. The molecule has 0 aromatic carbocycles. The second-order valence-electron chi connectivity index (χ2n) is 5.40. The van der Waals surface area contributed by atoms with E-state index in [-0.39, 0.29) is 17.6 Å². The van der Waals surface area contributed by atoms with Crippen LogP contribution in [0.25, 0.3) is 0 Å². The molecule has 1 heterocycles. The zero-order chi connectivity index (χ0) is 13.2. The lowest BCUT2D eigenvalue weighted by Crippen LogP contribution is -2.24. The average Bonchev–Trinajstić information content (AvgIpc) is 2.84. The van der Waals surface area contributed by atoms with Gasteiger partial charge in [0, 0.05) is 12.3 Å². The fourth-order valence-corrected chi connectivity index (χ4v) is 3.88. The normalized spacial score (nSPS) is 20.1. The number of fused-ring (bicyclic) bond motifs is 1. The van der Waals surface area contributed by atoms with Crippen molar-refractivity contribution in [2.75, 3.05) is 5.32 Å². The summed E-state index contributed by atoms with van der Waals surface area (Å²) in [4.78, 5) is 29.0. The van der Waals surface area contributed by atoms with E-state index in [4.69, 9.17) is 0 Å². The number of aryl methyl sites for hydroxylation is 1. The van der Waals surface area contributed by atoms with Crippen LogP contribution in [0, 0.1) is 5.92 Å². The lowest BCUT2D eigenvalue weighted by atomic mass is 9.89. The van der Waals surface area contributed by atoms with E-state index in [1.165, 1.54) is 17.8 Å². The quantitative estimate of drug-likeness (QED) is 0.904. The molecule has 1 N–H and O–H groups in total. The van der Waals surface area contributed by atoms with E-state index in [0.29, 0.717) is 11.6 Å². The average molecular weight is 278 g/mol. The van der Waals surface area contributed by atoms with Crippen LogP contribution in [-0.4, -0.2) is 16.7 Å². The maximum atomic E-state index is 12.1. The molecule has 2 aliphatic carbocycles. The van der Waals surface area contributed by atoms with E-state index >= 15 is 0 Å². The van der Waals surface area contributed by atoms with Gasteiger partial charge in [-0.15, -0.1) is 0 Å². The van der Waals surface area contributed by atoms with Gasteiger partial charge in [-0.2, -0.15) is 0 Å². The van der Waals surface area contributed by atoms with Gasteiger partial charge < -0.3 is 5.32 Å². The highest BCUT2D eigenvalue weighted by atomic mass is 32.1. The number of anilines is 1. The first kappa shape index (κ1) is 12.8. The Morgan fingerprint density at radius 1 is 1.16 bits per heavy atom. The molecule has 102 valence electrons. The van der Waals surface area contributed by atoms with Crippen molar-refractivity contribution in [3.05, 3.63) is 10.6 Å². The summed E-state index contributed by atoms with van der Waals surface area (Å²) in [5, 5.41) is 3.51. The number of ketones is 1. The Balaban J connectivity index is 1.69. The molecule has 1 aromatic rings. The van der Waals surface area contributed by atoms with Crippen LogP contribution in [0.3, 0.4) is 0 Å². The minimum atomic E-state index is 0.0817. The number of thiazole rings is 1. The molecule has 1 saturated carbocycles.